The van der Waals surface area contributed by atoms with Gasteiger partial charge in [0.1, 0.15) is 12.1 Å². The predicted molar refractivity (Wildman–Crippen MR) is 140 cm³/mol. The van der Waals surface area contributed by atoms with Crippen LogP contribution in [0.1, 0.15) is 57.9 Å². The van der Waals surface area contributed by atoms with Crippen LogP contribution in [0.4, 0.5) is 4.79 Å². The highest BCUT2D eigenvalue weighted by Gasteiger charge is 2.38. The number of benzene rings is 1. The van der Waals surface area contributed by atoms with Crippen molar-refractivity contribution in [2.24, 2.45) is 0 Å². The van der Waals surface area contributed by atoms with Crippen LogP contribution in [-0.2, 0) is 35.1 Å². The van der Waals surface area contributed by atoms with Crippen LogP contribution in [0.3, 0.4) is 0 Å². The number of amides is 2. The molecule has 0 saturated carbocycles. The first-order valence-corrected chi connectivity index (χ1v) is 13.4. The van der Waals surface area contributed by atoms with Crippen LogP contribution in [-0.4, -0.2) is 83.1 Å². The molecule has 0 bridgehead atoms. The molecular weight excluding hydrogens is 528 g/mol. The molecule has 3 N–H and O–H groups in total. The van der Waals surface area contributed by atoms with Gasteiger partial charge in [0.2, 0.25) is 12.2 Å². The average Bonchev–Trinajstić information content (AvgIpc) is 3.40. The maximum atomic E-state index is 13.5. The number of carbonyl (C=O) groups excluding carboxylic acids is 3. The maximum absolute atomic E-state index is 13.5. The fourth-order valence-electron chi connectivity index (χ4n) is 4.48. The summed E-state index contributed by atoms with van der Waals surface area (Å²) in [4.78, 5) is 65.6. The van der Waals surface area contributed by atoms with Gasteiger partial charge in [-0.15, -0.1) is 10.1 Å². The normalized spacial score (nSPS) is 16.9. The SMILES string of the molecule is CCOC(=O)C(CCc1ccccc1)NC(CCCCNC(=O)OC(C)O[N+](=O)[O-])C(=O)N1CCCC1C(=O)O. The number of likely N-dealkylation sites (tertiary alicyclic amines) is 1. The van der Waals surface area contributed by atoms with Crippen LogP contribution in [0.2, 0.25) is 0 Å². The number of rotatable bonds is 17. The zero-order valence-electron chi connectivity index (χ0n) is 22.8. The zero-order valence-corrected chi connectivity index (χ0v) is 22.8. The number of hydrogen-bond donors (Lipinski definition) is 3. The van der Waals surface area contributed by atoms with E-state index in [0.717, 1.165) is 5.56 Å². The van der Waals surface area contributed by atoms with E-state index in [1.807, 2.05) is 30.3 Å². The first kappa shape index (κ1) is 32.3. The highest BCUT2D eigenvalue weighted by molar-refractivity contribution is 5.88. The number of alkyl carbamates (subject to hydrolysis) is 1. The second-order valence-corrected chi connectivity index (χ2v) is 9.30. The molecule has 1 aromatic rings. The summed E-state index contributed by atoms with van der Waals surface area (Å²) >= 11 is 0. The Labute approximate surface area is 232 Å². The molecule has 1 fully saturated rings. The van der Waals surface area contributed by atoms with Gasteiger partial charge in [0.25, 0.3) is 5.09 Å². The quantitative estimate of drug-likeness (QED) is 0.0823. The molecule has 14 heteroatoms. The molecule has 0 aromatic heterocycles. The molecule has 1 aromatic carbocycles. The van der Waals surface area contributed by atoms with Crippen molar-refractivity contribution in [2.75, 3.05) is 19.7 Å². The lowest BCUT2D eigenvalue weighted by Crippen LogP contribution is -2.54. The smallest absolute Gasteiger partial charge is 0.409 e. The number of aryl methyl sites for hydroxylation is 1. The summed E-state index contributed by atoms with van der Waals surface area (Å²) in [5.41, 5.74) is 1.02. The molecule has 222 valence electrons. The number of aliphatic carboxylic acids is 1. The van der Waals surface area contributed by atoms with Gasteiger partial charge < -0.3 is 24.8 Å². The molecule has 40 heavy (non-hydrogen) atoms. The average molecular weight is 567 g/mol. The topological polar surface area (TPSA) is 187 Å². The van der Waals surface area contributed by atoms with E-state index < -0.39 is 53.4 Å². The van der Waals surface area contributed by atoms with Gasteiger partial charge in [0.15, 0.2) is 0 Å². The highest BCUT2D eigenvalue weighted by atomic mass is 17.0. The van der Waals surface area contributed by atoms with E-state index in [0.29, 0.717) is 45.1 Å². The molecule has 4 atom stereocenters. The predicted octanol–water partition coefficient (Wildman–Crippen LogP) is 2.04. The highest BCUT2D eigenvalue weighted by Crippen LogP contribution is 2.20. The molecule has 2 amide bonds. The van der Waals surface area contributed by atoms with Gasteiger partial charge in [0, 0.05) is 13.1 Å². The van der Waals surface area contributed by atoms with Crippen molar-refractivity contribution >= 4 is 23.9 Å². The molecule has 1 heterocycles. The third-order valence-electron chi connectivity index (χ3n) is 6.35. The summed E-state index contributed by atoms with van der Waals surface area (Å²) in [5.74, 6) is -1.98. The molecule has 2 rings (SSSR count). The Morgan fingerprint density at radius 3 is 2.52 bits per heavy atom. The lowest BCUT2D eigenvalue weighted by molar-refractivity contribution is -0.777. The second kappa shape index (κ2) is 16.9. The summed E-state index contributed by atoms with van der Waals surface area (Å²) in [5, 5.41) is 24.4. The number of carboxylic acid groups (broad SMARTS) is 1. The number of carboxylic acids is 1. The minimum Gasteiger partial charge on any atom is -0.480 e. The number of carbonyl (C=O) groups is 4. The van der Waals surface area contributed by atoms with Crippen LogP contribution < -0.4 is 10.6 Å². The van der Waals surface area contributed by atoms with Crippen molar-refractivity contribution in [1.82, 2.24) is 15.5 Å². The molecule has 1 aliphatic rings. The van der Waals surface area contributed by atoms with E-state index in [4.69, 9.17) is 9.47 Å². The summed E-state index contributed by atoms with van der Waals surface area (Å²) in [6.45, 7) is 3.52. The Balaban J connectivity index is 2.04. The van der Waals surface area contributed by atoms with E-state index in [9.17, 15) is 34.4 Å². The summed E-state index contributed by atoms with van der Waals surface area (Å²) in [6, 6.07) is 6.98. The monoisotopic (exact) mass is 566 g/mol. The summed E-state index contributed by atoms with van der Waals surface area (Å²) in [7, 11) is 0. The summed E-state index contributed by atoms with van der Waals surface area (Å²) < 4.78 is 9.95. The molecule has 0 aliphatic carbocycles. The van der Waals surface area contributed by atoms with E-state index in [1.165, 1.54) is 11.8 Å². The molecule has 1 saturated heterocycles. The van der Waals surface area contributed by atoms with Gasteiger partial charge in [-0.25, -0.2) is 9.59 Å². The third kappa shape index (κ3) is 11.0. The van der Waals surface area contributed by atoms with Crippen LogP contribution in [0.25, 0.3) is 0 Å². The van der Waals surface area contributed by atoms with Gasteiger partial charge in [-0.05, 0) is 64.4 Å². The van der Waals surface area contributed by atoms with E-state index in [2.05, 4.69) is 15.5 Å². The van der Waals surface area contributed by atoms with Gasteiger partial charge in [-0.2, -0.15) is 0 Å². The van der Waals surface area contributed by atoms with Crippen molar-refractivity contribution in [1.29, 1.82) is 0 Å². The van der Waals surface area contributed by atoms with Crippen LogP contribution in [0.5, 0.6) is 0 Å². The largest absolute Gasteiger partial charge is 0.480 e. The van der Waals surface area contributed by atoms with Crippen LogP contribution in [0, 0.1) is 10.1 Å². The second-order valence-electron chi connectivity index (χ2n) is 9.30. The van der Waals surface area contributed by atoms with Gasteiger partial charge in [-0.3, -0.25) is 19.7 Å². The lowest BCUT2D eigenvalue weighted by atomic mass is 10.0. The van der Waals surface area contributed by atoms with E-state index in [1.54, 1.807) is 6.92 Å². The van der Waals surface area contributed by atoms with Crippen molar-refractivity contribution in [3.63, 3.8) is 0 Å². The molecule has 14 nitrogen and oxygen atoms in total. The van der Waals surface area contributed by atoms with Gasteiger partial charge >= 0.3 is 18.0 Å². The molecule has 0 radical (unpaired) electrons. The number of esters is 1. The fraction of sp³-hybridized carbons (Fsp3) is 0.615. The number of unbranched alkanes of at least 4 members (excludes halogenated alkanes) is 1. The maximum Gasteiger partial charge on any atom is 0.409 e. The van der Waals surface area contributed by atoms with Crippen molar-refractivity contribution in [3.8, 4) is 0 Å². The van der Waals surface area contributed by atoms with Gasteiger partial charge in [-0.1, -0.05) is 30.3 Å². The molecule has 1 aliphatic heterocycles. The summed E-state index contributed by atoms with van der Waals surface area (Å²) in [6.07, 6.45) is 0.691. The minimum absolute atomic E-state index is 0.154. The van der Waals surface area contributed by atoms with Crippen LogP contribution >= 0.6 is 0 Å². The minimum atomic E-state index is -1.38. The van der Waals surface area contributed by atoms with Crippen molar-refractivity contribution in [3.05, 3.63) is 46.0 Å². The number of nitrogens with one attached hydrogen (secondary N) is 2. The Kier molecular flexibility index (Phi) is 13.6. The Hall–Kier alpha value is -3.94. The number of hydrogen-bond acceptors (Lipinski definition) is 10. The number of ether oxygens (including phenoxy) is 2. The third-order valence-corrected chi connectivity index (χ3v) is 6.35. The molecule has 0 spiro atoms. The van der Waals surface area contributed by atoms with Crippen molar-refractivity contribution < 1.29 is 43.7 Å². The first-order chi connectivity index (χ1) is 19.1. The molecular formula is C26H38N4O10. The Bertz CT molecular complexity index is 993. The van der Waals surface area contributed by atoms with Gasteiger partial charge in [0.05, 0.1) is 12.6 Å². The number of nitrogens with zero attached hydrogens (tertiary/aromatic N) is 2. The molecule has 4 unspecified atom stereocenters. The zero-order chi connectivity index (χ0) is 29.5. The van der Waals surface area contributed by atoms with E-state index >= 15 is 0 Å². The first-order valence-electron chi connectivity index (χ1n) is 13.4. The Morgan fingerprint density at radius 2 is 1.88 bits per heavy atom. The van der Waals surface area contributed by atoms with Crippen molar-refractivity contribution in [2.45, 2.75) is 83.2 Å². The fourth-order valence-corrected chi connectivity index (χ4v) is 4.48. The standard InChI is InChI=1S/C26H38N4O10/c1-3-38-25(34)21(15-14-19-10-5-4-6-11-19)28-20(23(31)29-17-9-13-22(29)24(32)33)12-7-8-16-27-26(35)39-18(2)40-30(36)37/h4-6,10-11,18,20-22,28H,3,7-9,12-17H2,1-2H3,(H,27,35)(H,32,33). The van der Waals surface area contributed by atoms with E-state index in [-0.39, 0.29) is 19.6 Å². The lowest BCUT2D eigenvalue weighted by Gasteiger charge is -2.30. The van der Waals surface area contributed by atoms with Crippen LogP contribution in [0.15, 0.2) is 30.3 Å². The Morgan fingerprint density at radius 1 is 1.15 bits per heavy atom.